The molecule has 144 valence electrons. The summed E-state index contributed by atoms with van der Waals surface area (Å²) in [4.78, 5) is 34.2. The smallest absolute Gasteiger partial charge is 0.277 e. The lowest BCUT2D eigenvalue weighted by Crippen LogP contribution is -2.15. The Morgan fingerprint density at radius 2 is 1.76 bits per heavy atom. The summed E-state index contributed by atoms with van der Waals surface area (Å²) < 4.78 is 5.62. The molecule has 0 saturated heterocycles. The first-order valence-electron chi connectivity index (χ1n) is 8.74. The van der Waals surface area contributed by atoms with E-state index in [1.807, 2.05) is 17.5 Å². The Kier molecular flexibility index (Phi) is 5.17. The number of benzene rings is 1. The number of pyridine rings is 1. The van der Waals surface area contributed by atoms with Crippen LogP contribution < -0.4 is 10.6 Å². The summed E-state index contributed by atoms with van der Waals surface area (Å²) in [5, 5.41) is 7.46. The fraction of sp³-hybridized carbons (Fsp3) is 0.0476. The quantitative estimate of drug-likeness (QED) is 0.506. The third-order valence-electron chi connectivity index (χ3n) is 4.06. The van der Waals surface area contributed by atoms with Gasteiger partial charge in [0.05, 0.1) is 4.88 Å². The molecule has 0 aliphatic carbocycles. The van der Waals surface area contributed by atoms with Crippen molar-refractivity contribution in [1.82, 2.24) is 9.97 Å². The highest BCUT2D eigenvalue weighted by Gasteiger charge is 2.19. The topological polar surface area (TPSA) is 97.1 Å². The van der Waals surface area contributed by atoms with E-state index in [4.69, 9.17) is 4.42 Å². The second kappa shape index (κ2) is 8.07. The van der Waals surface area contributed by atoms with E-state index in [9.17, 15) is 9.59 Å². The number of hydrogen-bond donors (Lipinski definition) is 2. The van der Waals surface area contributed by atoms with Crippen LogP contribution in [-0.4, -0.2) is 21.8 Å². The maximum absolute atomic E-state index is 12.7. The molecule has 0 fully saturated rings. The molecule has 4 aromatic rings. The molecule has 0 aliphatic rings. The van der Waals surface area contributed by atoms with E-state index in [0.29, 0.717) is 28.6 Å². The fourth-order valence-corrected chi connectivity index (χ4v) is 3.33. The van der Waals surface area contributed by atoms with Crippen LogP contribution in [-0.2, 0) is 0 Å². The second-order valence-corrected chi connectivity index (χ2v) is 7.07. The van der Waals surface area contributed by atoms with Crippen molar-refractivity contribution in [3.05, 3.63) is 83.3 Å². The third kappa shape index (κ3) is 4.22. The zero-order chi connectivity index (χ0) is 20.2. The Morgan fingerprint density at radius 1 is 0.966 bits per heavy atom. The first kappa shape index (κ1) is 18.6. The van der Waals surface area contributed by atoms with Crippen LogP contribution in [0.15, 0.2) is 70.7 Å². The van der Waals surface area contributed by atoms with E-state index >= 15 is 0 Å². The zero-order valence-corrected chi connectivity index (χ0v) is 16.2. The van der Waals surface area contributed by atoms with Crippen molar-refractivity contribution in [2.24, 2.45) is 0 Å². The number of nitrogens with one attached hydrogen (secondary N) is 2. The number of nitrogens with zero attached hydrogens (tertiary/aromatic N) is 2. The molecule has 2 N–H and O–H groups in total. The van der Waals surface area contributed by atoms with Crippen LogP contribution in [0.1, 0.15) is 26.6 Å². The SMILES string of the molecule is Cc1oc(-c2cccs2)nc1C(=O)Nc1cccc(C(=O)Nc2ccncc2)c1. The normalized spacial score (nSPS) is 10.5. The van der Waals surface area contributed by atoms with Gasteiger partial charge in [-0.3, -0.25) is 14.6 Å². The summed E-state index contributed by atoms with van der Waals surface area (Å²) in [5.41, 5.74) is 1.74. The summed E-state index contributed by atoms with van der Waals surface area (Å²) in [7, 11) is 0. The molecule has 0 atom stereocenters. The number of hydrogen-bond acceptors (Lipinski definition) is 6. The van der Waals surface area contributed by atoms with Gasteiger partial charge in [-0.15, -0.1) is 11.3 Å². The van der Waals surface area contributed by atoms with Gasteiger partial charge in [0, 0.05) is 29.3 Å². The molecule has 0 radical (unpaired) electrons. The van der Waals surface area contributed by atoms with E-state index in [0.717, 1.165) is 4.88 Å². The highest BCUT2D eigenvalue weighted by molar-refractivity contribution is 7.13. The average Bonchev–Trinajstić information content (AvgIpc) is 3.38. The molecule has 0 saturated carbocycles. The van der Waals surface area contributed by atoms with E-state index in [1.165, 1.54) is 11.3 Å². The first-order chi connectivity index (χ1) is 14.1. The molecule has 8 heteroatoms. The lowest BCUT2D eigenvalue weighted by atomic mass is 10.1. The van der Waals surface area contributed by atoms with Gasteiger partial charge in [-0.05, 0) is 48.7 Å². The van der Waals surface area contributed by atoms with Crippen LogP contribution in [0.5, 0.6) is 0 Å². The molecular formula is C21H16N4O3S. The monoisotopic (exact) mass is 404 g/mol. The molecule has 0 bridgehead atoms. The molecule has 7 nitrogen and oxygen atoms in total. The molecule has 29 heavy (non-hydrogen) atoms. The van der Waals surface area contributed by atoms with Gasteiger partial charge in [0.25, 0.3) is 11.8 Å². The number of oxazole rings is 1. The van der Waals surface area contributed by atoms with Crippen molar-refractivity contribution in [2.75, 3.05) is 10.6 Å². The molecule has 3 heterocycles. The number of thiophene rings is 1. The maximum Gasteiger partial charge on any atom is 0.277 e. The Hall–Kier alpha value is -3.78. The van der Waals surface area contributed by atoms with Crippen LogP contribution in [0.4, 0.5) is 11.4 Å². The van der Waals surface area contributed by atoms with Gasteiger partial charge in [-0.25, -0.2) is 4.98 Å². The molecule has 0 unspecified atom stereocenters. The maximum atomic E-state index is 12.7. The Balaban J connectivity index is 1.49. The van der Waals surface area contributed by atoms with Crippen LogP contribution in [0.25, 0.3) is 10.8 Å². The molecule has 0 aliphatic heterocycles. The number of carbonyl (C=O) groups excluding carboxylic acids is 2. The minimum absolute atomic E-state index is 0.208. The van der Waals surface area contributed by atoms with E-state index in [1.54, 1.807) is 55.7 Å². The predicted molar refractivity (Wildman–Crippen MR) is 111 cm³/mol. The van der Waals surface area contributed by atoms with Gasteiger partial charge < -0.3 is 15.1 Å². The Morgan fingerprint density at radius 3 is 2.52 bits per heavy atom. The van der Waals surface area contributed by atoms with Gasteiger partial charge in [0.15, 0.2) is 5.69 Å². The predicted octanol–water partition coefficient (Wildman–Crippen LogP) is 4.61. The molecule has 1 aromatic carbocycles. The van der Waals surface area contributed by atoms with Crippen molar-refractivity contribution < 1.29 is 14.0 Å². The molecule has 2 amide bonds. The summed E-state index contributed by atoms with van der Waals surface area (Å²) >= 11 is 1.48. The van der Waals surface area contributed by atoms with Crippen molar-refractivity contribution in [3.8, 4) is 10.8 Å². The lowest BCUT2D eigenvalue weighted by Gasteiger charge is -2.08. The second-order valence-electron chi connectivity index (χ2n) is 6.13. The molecule has 4 rings (SSSR count). The van der Waals surface area contributed by atoms with Crippen molar-refractivity contribution >= 4 is 34.5 Å². The number of amides is 2. The van der Waals surface area contributed by atoms with Gasteiger partial charge >= 0.3 is 0 Å². The summed E-state index contributed by atoms with van der Waals surface area (Å²) in [6.07, 6.45) is 3.19. The van der Waals surface area contributed by atoms with Gasteiger partial charge in [0.1, 0.15) is 5.76 Å². The van der Waals surface area contributed by atoms with Crippen molar-refractivity contribution in [1.29, 1.82) is 0 Å². The number of carbonyl (C=O) groups is 2. The Labute approximate surface area is 170 Å². The summed E-state index contributed by atoms with van der Waals surface area (Å²) in [5.74, 6) is 0.149. The van der Waals surface area contributed by atoms with Gasteiger partial charge in [-0.2, -0.15) is 0 Å². The number of aryl methyl sites for hydroxylation is 1. The van der Waals surface area contributed by atoms with E-state index < -0.39 is 5.91 Å². The largest absolute Gasteiger partial charge is 0.440 e. The minimum atomic E-state index is -0.402. The standard InChI is InChI=1S/C21H16N4O3S/c1-13-18(25-21(28-13)17-6-3-11-29-17)20(27)24-16-5-2-4-14(12-16)19(26)23-15-7-9-22-10-8-15/h2-12H,1H3,(H,24,27)(H,22,23,26). The zero-order valence-electron chi connectivity index (χ0n) is 15.4. The number of aromatic nitrogens is 2. The third-order valence-corrected chi connectivity index (χ3v) is 4.92. The summed E-state index contributed by atoms with van der Waals surface area (Å²) in [6.45, 7) is 1.69. The van der Waals surface area contributed by atoms with E-state index in [2.05, 4.69) is 20.6 Å². The molecular weight excluding hydrogens is 388 g/mol. The van der Waals surface area contributed by atoms with Crippen LogP contribution in [0.2, 0.25) is 0 Å². The van der Waals surface area contributed by atoms with Crippen molar-refractivity contribution in [2.45, 2.75) is 6.92 Å². The average molecular weight is 404 g/mol. The fourth-order valence-electron chi connectivity index (χ4n) is 2.68. The van der Waals surface area contributed by atoms with Gasteiger partial charge in [-0.1, -0.05) is 12.1 Å². The van der Waals surface area contributed by atoms with Crippen LogP contribution >= 0.6 is 11.3 Å². The molecule has 0 spiro atoms. The number of anilines is 2. The highest BCUT2D eigenvalue weighted by atomic mass is 32.1. The van der Waals surface area contributed by atoms with Crippen LogP contribution in [0, 0.1) is 6.92 Å². The lowest BCUT2D eigenvalue weighted by molar-refractivity contribution is 0.101. The summed E-state index contributed by atoms with van der Waals surface area (Å²) in [6, 6.07) is 13.8. The minimum Gasteiger partial charge on any atom is -0.440 e. The van der Waals surface area contributed by atoms with Crippen molar-refractivity contribution in [3.63, 3.8) is 0 Å². The van der Waals surface area contributed by atoms with Crippen LogP contribution in [0.3, 0.4) is 0 Å². The van der Waals surface area contributed by atoms with Gasteiger partial charge in [0.2, 0.25) is 5.89 Å². The van der Waals surface area contributed by atoms with E-state index in [-0.39, 0.29) is 11.6 Å². The number of rotatable bonds is 5. The Bertz CT molecular complexity index is 1150. The first-order valence-corrected chi connectivity index (χ1v) is 9.62. The molecule has 3 aromatic heterocycles. The highest BCUT2D eigenvalue weighted by Crippen LogP contribution is 2.26.